The van der Waals surface area contributed by atoms with Gasteiger partial charge in [-0.25, -0.2) is 9.78 Å². The highest BCUT2D eigenvalue weighted by Crippen LogP contribution is 2.12. The molecule has 2 rings (SSSR count). The molecule has 8 heteroatoms. The van der Waals surface area contributed by atoms with Crippen molar-refractivity contribution < 1.29 is 4.74 Å². The first kappa shape index (κ1) is 15.5. The van der Waals surface area contributed by atoms with Crippen LogP contribution in [0.3, 0.4) is 0 Å². The number of methoxy groups -OCH3 is 1. The summed E-state index contributed by atoms with van der Waals surface area (Å²) >= 11 is 0. The fourth-order valence-corrected chi connectivity index (χ4v) is 2.53. The molecule has 0 aliphatic carbocycles. The topological polar surface area (TPSA) is 97.1 Å². The number of imidazole rings is 1. The molecule has 2 aromatic heterocycles. The Morgan fingerprint density at radius 2 is 1.81 bits per heavy atom. The minimum absolute atomic E-state index is 0.197. The Hall–Kier alpha value is -1.93. The van der Waals surface area contributed by atoms with Gasteiger partial charge in [-0.05, 0) is 13.8 Å². The Bertz CT molecular complexity index is 756. The van der Waals surface area contributed by atoms with E-state index in [0.29, 0.717) is 30.1 Å². The van der Waals surface area contributed by atoms with E-state index in [1.807, 2.05) is 13.8 Å². The van der Waals surface area contributed by atoms with Crippen molar-refractivity contribution in [2.45, 2.75) is 40.1 Å². The fraction of sp³-hybridized carbons (Fsp3) is 0.615. The van der Waals surface area contributed by atoms with Gasteiger partial charge in [-0.15, -0.1) is 0 Å². The monoisotopic (exact) mass is 295 g/mol. The highest BCUT2D eigenvalue weighted by Gasteiger charge is 2.19. The maximum absolute atomic E-state index is 12.6. The summed E-state index contributed by atoms with van der Waals surface area (Å²) in [5.41, 5.74) is 5.63. The molecule has 0 aromatic carbocycles. The number of aryl methyl sites for hydroxylation is 2. The first-order valence-electron chi connectivity index (χ1n) is 7.02. The fourth-order valence-electron chi connectivity index (χ4n) is 2.53. The van der Waals surface area contributed by atoms with Crippen molar-refractivity contribution in [2.75, 3.05) is 13.7 Å². The van der Waals surface area contributed by atoms with Gasteiger partial charge in [0.2, 0.25) is 0 Å². The van der Waals surface area contributed by atoms with Crippen LogP contribution in [0.1, 0.15) is 19.7 Å². The molecule has 0 radical (unpaired) electrons. The van der Waals surface area contributed by atoms with Crippen LogP contribution in [0.4, 0.5) is 0 Å². The highest BCUT2D eigenvalue weighted by molar-refractivity contribution is 5.71. The number of nitrogens with two attached hydrogens (primary N) is 1. The lowest BCUT2D eigenvalue weighted by molar-refractivity contribution is 0.175. The molecule has 0 bridgehead atoms. The summed E-state index contributed by atoms with van der Waals surface area (Å²) in [4.78, 5) is 29.4. The van der Waals surface area contributed by atoms with Crippen molar-refractivity contribution in [3.05, 3.63) is 26.7 Å². The molecule has 0 fully saturated rings. The standard InChI is InChI=1S/C13H21N5O3/c1-4-16-9(8-21-3)15-11-10(16)12(19)18(7-6-14)13(20)17(11)5-2/h4-8,14H2,1-3H3. The summed E-state index contributed by atoms with van der Waals surface area (Å²) in [5.74, 6) is 0.638. The molecule has 2 N–H and O–H groups in total. The minimum atomic E-state index is -0.370. The molecule has 0 aliphatic heterocycles. The number of aromatic nitrogens is 4. The minimum Gasteiger partial charge on any atom is -0.377 e. The second-order valence-electron chi connectivity index (χ2n) is 4.65. The third-order valence-electron chi connectivity index (χ3n) is 3.45. The van der Waals surface area contributed by atoms with E-state index in [1.54, 1.807) is 11.7 Å². The van der Waals surface area contributed by atoms with Crippen LogP contribution in [0.15, 0.2) is 9.59 Å². The average molecular weight is 295 g/mol. The molecule has 2 heterocycles. The normalized spacial score (nSPS) is 11.4. The number of hydrogen-bond donors (Lipinski definition) is 1. The van der Waals surface area contributed by atoms with Gasteiger partial charge in [-0.2, -0.15) is 0 Å². The molecule has 0 amide bonds. The van der Waals surface area contributed by atoms with Gasteiger partial charge in [0.1, 0.15) is 12.4 Å². The van der Waals surface area contributed by atoms with Crippen LogP contribution < -0.4 is 17.0 Å². The molecule has 0 unspecified atom stereocenters. The van der Waals surface area contributed by atoms with Gasteiger partial charge in [-0.1, -0.05) is 0 Å². The molecule has 116 valence electrons. The lowest BCUT2D eigenvalue weighted by Crippen LogP contribution is -2.41. The van der Waals surface area contributed by atoms with Gasteiger partial charge in [0.25, 0.3) is 5.56 Å². The number of hydrogen-bond acceptors (Lipinski definition) is 5. The van der Waals surface area contributed by atoms with E-state index in [1.165, 1.54) is 9.13 Å². The second kappa shape index (κ2) is 6.23. The Kier molecular flexibility index (Phi) is 4.59. The molecule has 21 heavy (non-hydrogen) atoms. The predicted octanol–water partition coefficient (Wildman–Crippen LogP) is -0.495. The Balaban J connectivity index is 2.93. The maximum atomic E-state index is 12.6. The molecule has 0 spiro atoms. The average Bonchev–Trinajstić information content (AvgIpc) is 2.83. The van der Waals surface area contributed by atoms with E-state index < -0.39 is 0 Å². The summed E-state index contributed by atoms with van der Waals surface area (Å²) in [5, 5.41) is 0. The Labute approximate surface area is 121 Å². The summed E-state index contributed by atoms with van der Waals surface area (Å²) in [6.07, 6.45) is 0. The Morgan fingerprint density at radius 1 is 1.14 bits per heavy atom. The van der Waals surface area contributed by atoms with Gasteiger partial charge >= 0.3 is 5.69 Å². The summed E-state index contributed by atoms with van der Waals surface area (Å²) in [7, 11) is 1.57. The van der Waals surface area contributed by atoms with Crippen LogP contribution in [0.5, 0.6) is 0 Å². The quantitative estimate of drug-likeness (QED) is 0.775. The van der Waals surface area contributed by atoms with E-state index in [0.717, 1.165) is 0 Å². The van der Waals surface area contributed by atoms with Crippen molar-refractivity contribution in [3.8, 4) is 0 Å². The highest BCUT2D eigenvalue weighted by atomic mass is 16.5. The molecule has 8 nitrogen and oxygen atoms in total. The third kappa shape index (κ3) is 2.40. The summed E-state index contributed by atoms with van der Waals surface area (Å²) in [6, 6.07) is 0. The largest absolute Gasteiger partial charge is 0.377 e. The molecule has 0 saturated heterocycles. The summed E-state index contributed by atoms with van der Waals surface area (Å²) < 4.78 is 9.59. The van der Waals surface area contributed by atoms with Gasteiger partial charge in [0.05, 0.1) is 0 Å². The lowest BCUT2D eigenvalue weighted by atomic mass is 10.4. The molecular weight excluding hydrogens is 274 g/mol. The molecule has 0 aliphatic rings. The number of rotatable bonds is 6. The van der Waals surface area contributed by atoms with Crippen molar-refractivity contribution in [2.24, 2.45) is 5.73 Å². The molecule has 0 saturated carbocycles. The first-order valence-corrected chi connectivity index (χ1v) is 7.02. The number of nitrogens with zero attached hydrogens (tertiary/aromatic N) is 4. The first-order chi connectivity index (χ1) is 10.1. The van der Waals surface area contributed by atoms with E-state index in [4.69, 9.17) is 10.5 Å². The van der Waals surface area contributed by atoms with Crippen LogP contribution in [-0.2, 0) is 31.0 Å². The van der Waals surface area contributed by atoms with Gasteiger partial charge in [0.15, 0.2) is 11.2 Å². The molecule has 0 atom stereocenters. The zero-order valence-electron chi connectivity index (χ0n) is 12.6. The van der Waals surface area contributed by atoms with E-state index in [2.05, 4.69) is 4.98 Å². The molecule has 2 aromatic rings. The van der Waals surface area contributed by atoms with Crippen LogP contribution in [-0.4, -0.2) is 32.3 Å². The second-order valence-corrected chi connectivity index (χ2v) is 4.65. The van der Waals surface area contributed by atoms with E-state index >= 15 is 0 Å². The lowest BCUT2D eigenvalue weighted by Gasteiger charge is -2.10. The summed E-state index contributed by atoms with van der Waals surface area (Å²) in [6.45, 7) is 5.50. The number of fused-ring (bicyclic) bond motifs is 1. The van der Waals surface area contributed by atoms with Crippen molar-refractivity contribution in [1.82, 2.24) is 18.7 Å². The van der Waals surface area contributed by atoms with Crippen molar-refractivity contribution in [1.29, 1.82) is 0 Å². The van der Waals surface area contributed by atoms with Crippen LogP contribution in [0.2, 0.25) is 0 Å². The van der Waals surface area contributed by atoms with Crippen LogP contribution >= 0.6 is 0 Å². The van der Waals surface area contributed by atoms with Gasteiger partial charge < -0.3 is 15.0 Å². The predicted molar refractivity (Wildman–Crippen MR) is 79.4 cm³/mol. The zero-order chi connectivity index (χ0) is 15.6. The zero-order valence-corrected chi connectivity index (χ0v) is 12.6. The van der Waals surface area contributed by atoms with E-state index in [9.17, 15) is 9.59 Å². The third-order valence-corrected chi connectivity index (χ3v) is 3.45. The van der Waals surface area contributed by atoms with Gasteiger partial charge in [-0.3, -0.25) is 13.9 Å². The van der Waals surface area contributed by atoms with E-state index in [-0.39, 0.29) is 30.9 Å². The maximum Gasteiger partial charge on any atom is 0.332 e. The van der Waals surface area contributed by atoms with Crippen LogP contribution in [0.25, 0.3) is 11.2 Å². The SMILES string of the molecule is CCn1c(COC)nc2c1c(=O)n(CCN)c(=O)n2CC. The van der Waals surface area contributed by atoms with Crippen molar-refractivity contribution in [3.63, 3.8) is 0 Å². The van der Waals surface area contributed by atoms with Crippen LogP contribution in [0, 0.1) is 0 Å². The number of ether oxygens (including phenoxy) is 1. The molecular formula is C13H21N5O3. The van der Waals surface area contributed by atoms with Gasteiger partial charge in [0, 0.05) is 33.3 Å². The van der Waals surface area contributed by atoms with Crippen molar-refractivity contribution >= 4 is 11.2 Å². The smallest absolute Gasteiger partial charge is 0.332 e. The Morgan fingerprint density at radius 3 is 2.33 bits per heavy atom.